The van der Waals surface area contributed by atoms with E-state index in [1.54, 1.807) is 0 Å². The lowest BCUT2D eigenvalue weighted by molar-refractivity contribution is 0.00508. The number of halogens is 3. The van der Waals surface area contributed by atoms with Crippen LogP contribution < -0.4 is 5.32 Å². The molecule has 1 fully saturated rings. The second kappa shape index (κ2) is 5.44. The van der Waals surface area contributed by atoms with Crippen LogP contribution in [0.3, 0.4) is 0 Å². The summed E-state index contributed by atoms with van der Waals surface area (Å²) >= 11 is 3.38. The maximum absolute atomic E-state index is 13.0. The van der Waals surface area contributed by atoms with Gasteiger partial charge < -0.3 is 5.32 Å². The SMILES string of the molecule is FC1(F)CCC(CNCc2ccc(Br)cc2)C1. The van der Waals surface area contributed by atoms with Crippen molar-refractivity contribution in [2.45, 2.75) is 31.7 Å². The van der Waals surface area contributed by atoms with E-state index in [-0.39, 0.29) is 18.8 Å². The van der Waals surface area contributed by atoms with E-state index in [1.165, 1.54) is 5.56 Å². The molecule has 0 aliphatic heterocycles. The number of rotatable bonds is 4. The molecule has 0 heterocycles. The molecule has 4 heteroatoms. The minimum Gasteiger partial charge on any atom is -0.312 e. The van der Waals surface area contributed by atoms with Crippen molar-refractivity contribution in [1.29, 1.82) is 0 Å². The summed E-state index contributed by atoms with van der Waals surface area (Å²) in [7, 11) is 0. The van der Waals surface area contributed by atoms with Gasteiger partial charge in [-0.15, -0.1) is 0 Å². The van der Waals surface area contributed by atoms with Crippen molar-refractivity contribution in [3.8, 4) is 0 Å². The molecule has 94 valence electrons. The zero-order chi connectivity index (χ0) is 12.3. The Balaban J connectivity index is 1.71. The molecule has 1 aliphatic carbocycles. The minimum atomic E-state index is -2.43. The molecule has 1 saturated carbocycles. The molecule has 1 aromatic carbocycles. The number of hydrogen-bond donors (Lipinski definition) is 1. The van der Waals surface area contributed by atoms with Gasteiger partial charge in [-0.05, 0) is 36.6 Å². The maximum Gasteiger partial charge on any atom is 0.248 e. The van der Waals surface area contributed by atoms with Crippen molar-refractivity contribution in [2.75, 3.05) is 6.54 Å². The van der Waals surface area contributed by atoms with Crippen LogP contribution >= 0.6 is 15.9 Å². The van der Waals surface area contributed by atoms with Crippen molar-refractivity contribution in [3.63, 3.8) is 0 Å². The van der Waals surface area contributed by atoms with Crippen LogP contribution in [0.2, 0.25) is 0 Å². The molecule has 1 atom stereocenters. The van der Waals surface area contributed by atoms with Gasteiger partial charge in [0.05, 0.1) is 0 Å². The second-order valence-electron chi connectivity index (χ2n) is 4.72. The molecule has 0 saturated heterocycles. The largest absolute Gasteiger partial charge is 0.312 e. The molecule has 0 aromatic heterocycles. The zero-order valence-corrected chi connectivity index (χ0v) is 11.1. The van der Waals surface area contributed by atoms with Gasteiger partial charge in [0.1, 0.15) is 0 Å². The smallest absolute Gasteiger partial charge is 0.248 e. The van der Waals surface area contributed by atoms with Crippen LogP contribution in [-0.2, 0) is 6.54 Å². The van der Waals surface area contributed by atoms with E-state index in [0.717, 1.165) is 11.0 Å². The van der Waals surface area contributed by atoms with Crippen LogP contribution in [0.25, 0.3) is 0 Å². The Labute approximate surface area is 109 Å². The topological polar surface area (TPSA) is 12.0 Å². The monoisotopic (exact) mass is 303 g/mol. The Bertz CT molecular complexity index is 364. The summed E-state index contributed by atoms with van der Waals surface area (Å²) in [5, 5.41) is 3.25. The van der Waals surface area contributed by atoms with Gasteiger partial charge in [-0.25, -0.2) is 8.78 Å². The quantitative estimate of drug-likeness (QED) is 0.887. The molecular weight excluding hydrogens is 288 g/mol. The highest BCUT2D eigenvalue weighted by atomic mass is 79.9. The Kier molecular flexibility index (Phi) is 4.15. The molecule has 0 amide bonds. The van der Waals surface area contributed by atoms with Gasteiger partial charge in [-0.3, -0.25) is 0 Å². The van der Waals surface area contributed by atoms with Gasteiger partial charge in [0.15, 0.2) is 0 Å². The molecular formula is C13H16BrF2N. The normalized spacial score (nSPS) is 22.9. The zero-order valence-electron chi connectivity index (χ0n) is 9.56. The highest BCUT2D eigenvalue weighted by molar-refractivity contribution is 9.10. The standard InChI is InChI=1S/C13H16BrF2N/c14-12-3-1-10(2-4-12)8-17-9-11-5-6-13(15,16)7-11/h1-4,11,17H,5-9H2. The van der Waals surface area contributed by atoms with Gasteiger partial charge in [-0.1, -0.05) is 28.1 Å². The van der Waals surface area contributed by atoms with E-state index in [4.69, 9.17) is 0 Å². The highest BCUT2D eigenvalue weighted by Crippen LogP contribution is 2.38. The predicted octanol–water partition coefficient (Wildman–Crippen LogP) is 3.97. The van der Waals surface area contributed by atoms with Gasteiger partial charge in [0.2, 0.25) is 5.92 Å². The lowest BCUT2D eigenvalue weighted by Crippen LogP contribution is -2.22. The molecule has 0 bridgehead atoms. The van der Waals surface area contributed by atoms with Gasteiger partial charge in [0.25, 0.3) is 0 Å². The first-order valence-corrected chi connectivity index (χ1v) is 6.67. The van der Waals surface area contributed by atoms with Crippen LogP contribution in [0, 0.1) is 5.92 Å². The van der Waals surface area contributed by atoms with Gasteiger partial charge in [0, 0.05) is 23.9 Å². The second-order valence-corrected chi connectivity index (χ2v) is 5.64. The summed E-state index contributed by atoms with van der Waals surface area (Å²) in [6, 6.07) is 8.03. The number of benzene rings is 1. The molecule has 1 nitrogen and oxygen atoms in total. The maximum atomic E-state index is 13.0. The Morgan fingerprint density at radius 1 is 1.29 bits per heavy atom. The van der Waals surface area contributed by atoms with Crippen LogP contribution in [0.5, 0.6) is 0 Å². The first-order valence-electron chi connectivity index (χ1n) is 5.88. The van der Waals surface area contributed by atoms with Crippen LogP contribution in [0.15, 0.2) is 28.7 Å². The average molecular weight is 304 g/mol. The Morgan fingerprint density at radius 2 is 2.00 bits per heavy atom. The molecule has 0 radical (unpaired) electrons. The van der Waals surface area contributed by atoms with Crippen LogP contribution in [0.1, 0.15) is 24.8 Å². The third-order valence-electron chi connectivity index (χ3n) is 3.18. The first-order chi connectivity index (χ1) is 8.05. The molecule has 1 unspecified atom stereocenters. The minimum absolute atomic E-state index is 0.0420. The molecule has 1 N–H and O–H groups in total. The van der Waals surface area contributed by atoms with E-state index >= 15 is 0 Å². The molecule has 1 aromatic rings. The van der Waals surface area contributed by atoms with E-state index < -0.39 is 5.92 Å². The summed E-state index contributed by atoms with van der Waals surface area (Å²) in [4.78, 5) is 0. The number of alkyl halides is 2. The van der Waals surface area contributed by atoms with Crippen LogP contribution in [0.4, 0.5) is 8.78 Å². The van der Waals surface area contributed by atoms with Crippen molar-refractivity contribution >= 4 is 15.9 Å². The third-order valence-corrected chi connectivity index (χ3v) is 3.71. The van der Waals surface area contributed by atoms with Crippen molar-refractivity contribution < 1.29 is 8.78 Å². The fraction of sp³-hybridized carbons (Fsp3) is 0.538. The van der Waals surface area contributed by atoms with Gasteiger partial charge >= 0.3 is 0 Å². The lowest BCUT2D eigenvalue weighted by atomic mass is 10.1. The Morgan fingerprint density at radius 3 is 2.59 bits per heavy atom. The number of hydrogen-bond acceptors (Lipinski definition) is 1. The molecule has 1 aliphatic rings. The fourth-order valence-corrected chi connectivity index (χ4v) is 2.50. The number of nitrogens with one attached hydrogen (secondary N) is 1. The summed E-state index contributed by atoms with van der Waals surface area (Å²) in [5.74, 6) is -2.30. The molecule has 2 rings (SSSR count). The molecule has 17 heavy (non-hydrogen) atoms. The molecule has 0 spiro atoms. The summed E-state index contributed by atoms with van der Waals surface area (Å²) in [6.45, 7) is 1.43. The summed E-state index contributed by atoms with van der Waals surface area (Å²) < 4.78 is 27.0. The lowest BCUT2D eigenvalue weighted by Gasteiger charge is -2.11. The first kappa shape index (κ1) is 13.0. The summed E-state index contributed by atoms with van der Waals surface area (Å²) in [6.07, 6.45) is 0.734. The van der Waals surface area contributed by atoms with E-state index in [9.17, 15) is 8.78 Å². The van der Waals surface area contributed by atoms with E-state index in [1.807, 2.05) is 24.3 Å². The third kappa shape index (κ3) is 4.03. The predicted molar refractivity (Wildman–Crippen MR) is 68.1 cm³/mol. The van der Waals surface area contributed by atoms with E-state index in [2.05, 4.69) is 21.2 Å². The average Bonchev–Trinajstić information content (AvgIpc) is 2.61. The van der Waals surface area contributed by atoms with Crippen LogP contribution in [-0.4, -0.2) is 12.5 Å². The van der Waals surface area contributed by atoms with Crippen molar-refractivity contribution in [2.24, 2.45) is 5.92 Å². The van der Waals surface area contributed by atoms with Gasteiger partial charge in [-0.2, -0.15) is 0 Å². The summed E-state index contributed by atoms with van der Waals surface area (Å²) in [5.41, 5.74) is 1.18. The van der Waals surface area contributed by atoms with Crippen molar-refractivity contribution in [1.82, 2.24) is 5.32 Å². The Hall–Kier alpha value is -0.480. The highest BCUT2D eigenvalue weighted by Gasteiger charge is 2.38. The van der Waals surface area contributed by atoms with Crippen molar-refractivity contribution in [3.05, 3.63) is 34.3 Å². The van der Waals surface area contributed by atoms with E-state index in [0.29, 0.717) is 13.0 Å². The fourth-order valence-electron chi connectivity index (χ4n) is 2.24.